The van der Waals surface area contributed by atoms with E-state index >= 15 is 0 Å². The summed E-state index contributed by atoms with van der Waals surface area (Å²) in [4.78, 5) is 15.0. The van der Waals surface area contributed by atoms with E-state index in [1.807, 2.05) is 24.3 Å². The van der Waals surface area contributed by atoms with Crippen molar-refractivity contribution in [3.05, 3.63) is 27.8 Å². The SMILES string of the molecule is CC(=O)ONc1ccc(I)cc1. The van der Waals surface area contributed by atoms with Crippen LogP contribution in [0.4, 0.5) is 5.69 Å². The van der Waals surface area contributed by atoms with Crippen LogP contribution >= 0.6 is 22.6 Å². The van der Waals surface area contributed by atoms with E-state index in [1.165, 1.54) is 6.92 Å². The molecule has 0 aliphatic rings. The molecular weight excluding hydrogens is 269 g/mol. The number of carbonyl (C=O) groups excluding carboxylic acids is 1. The first kappa shape index (κ1) is 9.31. The van der Waals surface area contributed by atoms with Gasteiger partial charge in [-0.05, 0) is 46.9 Å². The Morgan fingerprint density at radius 2 is 2.00 bits per heavy atom. The highest BCUT2D eigenvalue weighted by Gasteiger charge is 1.93. The molecule has 0 aliphatic heterocycles. The summed E-state index contributed by atoms with van der Waals surface area (Å²) in [5.41, 5.74) is 3.29. The first-order chi connectivity index (χ1) is 5.68. The van der Waals surface area contributed by atoms with Crippen molar-refractivity contribution >= 4 is 34.2 Å². The lowest BCUT2D eigenvalue weighted by Gasteiger charge is -2.03. The lowest BCUT2D eigenvalue weighted by atomic mass is 10.3. The van der Waals surface area contributed by atoms with Crippen molar-refractivity contribution in [1.82, 2.24) is 0 Å². The van der Waals surface area contributed by atoms with Crippen molar-refractivity contribution in [2.45, 2.75) is 6.92 Å². The number of hydrogen-bond acceptors (Lipinski definition) is 3. The molecule has 1 N–H and O–H groups in total. The summed E-state index contributed by atoms with van der Waals surface area (Å²) in [6.07, 6.45) is 0. The summed E-state index contributed by atoms with van der Waals surface area (Å²) >= 11 is 2.20. The zero-order chi connectivity index (χ0) is 8.97. The number of halogens is 1. The quantitative estimate of drug-likeness (QED) is 0.665. The van der Waals surface area contributed by atoms with Gasteiger partial charge < -0.3 is 4.84 Å². The molecule has 0 aliphatic carbocycles. The maximum Gasteiger partial charge on any atom is 0.329 e. The molecule has 0 saturated heterocycles. The van der Waals surface area contributed by atoms with Crippen LogP contribution < -0.4 is 5.48 Å². The van der Waals surface area contributed by atoms with Gasteiger partial charge in [-0.3, -0.25) is 4.79 Å². The first-order valence-corrected chi connectivity index (χ1v) is 4.45. The van der Waals surface area contributed by atoms with E-state index in [2.05, 4.69) is 32.9 Å². The molecule has 1 rings (SSSR count). The molecule has 1 aromatic rings. The van der Waals surface area contributed by atoms with Gasteiger partial charge in [0.1, 0.15) is 0 Å². The Bertz CT molecular complexity index is 271. The minimum Gasteiger partial charge on any atom is -0.344 e. The maximum atomic E-state index is 10.4. The molecule has 0 spiro atoms. The molecule has 0 bridgehead atoms. The average molecular weight is 277 g/mol. The average Bonchev–Trinajstić information content (AvgIpc) is 2.03. The minimum absolute atomic E-state index is 0.353. The van der Waals surface area contributed by atoms with E-state index in [0.717, 1.165) is 9.26 Å². The monoisotopic (exact) mass is 277 g/mol. The number of carbonyl (C=O) groups is 1. The Morgan fingerprint density at radius 3 is 2.50 bits per heavy atom. The Kier molecular flexibility index (Phi) is 3.33. The zero-order valence-corrected chi connectivity index (χ0v) is 8.66. The molecule has 64 valence electrons. The molecule has 3 nitrogen and oxygen atoms in total. The molecule has 0 atom stereocenters. The van der Waals surface area contributed by atoms with Crippen molar-refractivity contribution < 1.29 is 9.63 Å². The number of rotatable bonds is 2. The predicted octanol–water partition coefficient (Wildman–Crippen LogP) is 2.18. The van der Waals surface area contributed by atoms with Crippen LogP contribution in [-0.2, 0) is 9.63 Å². The van der Waals surface area contributed by atoms with Crippen LogP contribution in [0.25, 0.3) is 0 Å². The predicted molar refractivity (Wildman–Crippen MR) is 54.5 cm³/mol. The van der Waals surface area contributed by atoms with Crippen LogP contribution in [0.2, 0.25) is 0 Å². The molecule has 0 radical (unpaired) electrons. The summed E-state index contributed by atoms with van der Waals surface area (Å²) in [5.74, 6) is -0.353. The van der Waals surface area contributed by atoms with Gasteiger partial charge in [-0.2, -0.15) is 0 Å². The molecular formula is C8H8INO2. The summed E-state index contributed by atoms with van der Waals surface area (Å²) in [5, 5.41) is 0. The van der Waals surface area contributed by atoms with E-state index in [4.69, 9.17) is 0 Å². The summed E-state index contributed by atoms with van der Waals surface area (Å²) < 4.78 is 1.14. The van der Waals surface area contributed by atoms with Crippen LogP contribution in [0.5, 0.6) is 0 Å². The molecule has 1 aromatic carbocycles. The highest BCUT2D eigenvalue weighted by atomic mass is 127. The van der Waals surface area contributed by atoms with Crippen molar-refractivity contribution in [3.8, 4) is 0 Å². The minimum atomic E-state index is -0.353. The summed E-state index contributed by atoms with van der Waals surface area (Å²) in [6, 6.07) is 7.52. The second kappa shape index (κ2) is 4.30. The van der Waals surface area contributed by atoms with Crippen LogP contribution in [0.1, 0.15) is 6.92 Å². The van der Waals surface area contributed by atoms with Gasteiger partial charge in [0.05, 0.1) is 5.69 Å². The highest BCUT2D eigenvalue weighted by molar-refractivity contribution is 14.1. The van der Waals surface area contributed by atoms with E-state index in [-0.39, 0.29) is 5.97 Å². The van der Waals surface area contributed by atoms with Gasteiger partial charge in [-0.25, -0.2) is 5.48 Å². The van der Waals surface area contributed by atoms with E-state index in [0.29, 0.717) is 0 Å². The van der Waals surface area contributed by atoms with E-state index in [1.54, 1.807) is 0 Å². The smallest absolute Gasteiger partial charge is 0.329 e. The Hall–Kier alpha value is -0.780. The molecule has 12 heavy (non-hydrogen) atoms. The Morgan fingerprint density at radius 1 is 1.42 bits per heavy atom. The molecule has 0 unspecified atom stereocenters. The van der Waals surface area contributed by atoms with Crippen molar-refractivity contribution in [3.63, 3.8) is 0 Å². The second-order valence-electron chi connectivity index (χ2n) is 2.20. The van der Waals surface area contributed by atoms with Gasteiger partial charge in [0.15, 0.2) is 0 Å². The third kappa shape index (κ3) is 3.08. The van der Waals surface area contributed by atoms with Crippen molar-refractivity contribution in [2.75, 3.05) is 5.48 Å². The van der Waals surface area contributed by atoms with Crippen LogP contribution in [0.3, 0.4) is 0 Å². The van der Waals surface area contributed by atoms with Crippen LogP contribution in [0, 0.1) is 3.57 Å². The third-order valence-corrected chi connectivity index (χ3v) is 1.88. The van der Waals surface area contributed by atoms with Gasteiger partial charge in [0.25, 0.3) is 0 Å². The van der Waals surface area contributed by atoms with Crippen molar-refractivity contribution in [1.29, 1.82) is 0 Å². The molecule has 0 heterocycles. The zero-order valence-electron chi connectivity index (χ0n) is 6.50. The van der Waals surface area contributed by atoms with Gasteiger partial charge in [-0.1, -0.05) is 0 Å². The van der Waals surface area contributed by atoms with Crippen LogP contribution in [0.15, 0.2) is 24.3 Å². The summed E-state index contributed by atoms with van der Waals surface area (Å²) in [7, 11) is 0. The maximum absolute atomic E-state index is 10.4. The molecule has 4 heteroatoms. The van der Waals surface area contributed by atoms with Gasteiger partial charge >= 0.3 is 5.97 Å². The molecule has 0 fully saturated rings. The second-order valence-corrected chi connectivity index (χ2v) is 3.45. The molecule has 0 aromatic heterocycles. The van der Waals surface area contributed by atoms with Gasteiger partial charge in [0, 0.05) is 10.5 Å². The summed E-state index contributed by atoms with van der Waals surface area (Å²) in [6.45, 7) is 1.35. The first-order valence-electron chi connectivity index (χ1n) is 3.37. The van der Waals surface area contributed by atoms with E-state index in [9.17, 15) is 4.79 Å². The van der Waals surface area contributed by atoms with Crippen LogP contribution in [-0.4, -0.2) is 5.97 Å². The number of nitrogens with one attached hydrogen (secondary N) is 1. The molecule has 0 amide bonds. The number of benzene rings is 1. The Labute approximate surface area is 84.2 Å². The van der Waals surface area contributed by atoms with Gasteiger partial charge in [0.2, 0.25) is 0 Å². The number of hydrogen-bond donors (Lipinski definition) is 1. The Balaban J connectivity index is 2.53. The lowest BCUT2D eigenvalue weighted by molar-refractivity contribution is -0.138. The standard InChI is InChI=1S/C8H8INO2/c1-6(11)12-10-8-4-2-7(9)3-5-8/h2-5,10H,1H3. The van der Waals surface area contributed by atoms with E-state index < -0.39 is 0 Å². The van der Waals surface area contributed by atoms with Crippen molar-refractivity contribution in [2.24, 2.45) is 0 Å². The fourth-order valence-electron chi connectivity index (χ4n) is 0.649. The number of anilines is 1. The largest absolute Gasteiger partial charge is 0.344 e. The normalized spacial score (nSPS) is 9.17. The third-order valence-electron chi connectivity index (χ3n) is 1.16. The highest BCUT2D eigenvalue weighted by Crippen LogP contribution is 2.10. The van der Waals surface area contributed by atoms with Gasteiger partial charge in [-0.15, -0.1) is 0 Å². The fourth-order valence-corrected chi connectivity index (χ4v) is 1.01. The fraction of sp³-hybridized carbons (Fsp3) is 0.125. The lowest BCUT2D eigenvalue weighted by Crippen LogP contribution is -2.05. The molecule has 0 saturated carbocycles. The topological polar surface area (TPSA) is 38.3 Å².